The number of nitrogens with zero attached hydrogens (tertiary/aromatic N) is 3. The number of hydrogen-bond donors (Lipinski definition) is 2. The standard InChI is InChI=1S/C14H19N5O/c1-11-4-2-3-5-12(11)19-8-6-18(7-9-19)10-13-15-14(20)17-16-13/h2-5H,6-10H2,1H3,(H2,15,16,17,20). The van der Waals surface area contributed by atoms with Gasteiger partial charge in [0.25, 0.3) is 0 Å². The molecule has 0 saturated carbocycles. The first kappa shape index (κ1) is 12.9. The highest BCUT2D eigenvalue weighted by molar-refractivity contribution is 5.53. The Labute approximate surface area is 117 Å². The summed E-state index contributed by atoms with van der Waals surface area (Å²) in [6, 6.07) is 8.48. The fourth-order valence-corrected chi connectivity index (χ4v) is 2.66. The van der Waals surface area contributed by atoms with Crippen molar-refractivity contribution in [1.29, 1.82) is 0 Å². The van der Waals surface area contributed by atoms with Crippen LogP contribution in [0.4, 0.5) is 5.69 Å². The molecule has 1 aromatic heterocycles. The minimum absolute atomic E-state index is 0.237. The quantitative estimate of drug-likeness (QED) is 0.865. The van der Waals surface area contributed by atoms with Gasteiger partial charge in [0.05, 0.1) is 6.54 Å². The van der Waals surface area contributed by atoms with Crippen LogP contribution in [0.3, 0.4) is 0 Å². The summed E-state index contributed by atoms with van der Waals surface area (Å²) in [5.74, 6) is 0.708. The third-order valence-electron chi connectivity index (χ3n) is 3.75. The number of para-hydroxylation sites is 1. The van der Waals surface area contributed by atoms with Crippen molar-refractivity contribution in [3.63, 3.8) is 0 Å². The van der Waals surface area contributed by atoms with Gasteiger partial charge >= 0.3 is 5.69 Å². The highest BCUT2D eigenvalue weighted by Crippen LogP contribution is 2.20. The van der Waals surface area contributed by atoms with Gasteiger partial charge in [-0.1, -0.05) is 18.2 Å². The van der Waals surface area contributed by atoms with Crippen LogP contribution >= 0.6 is 0 Å². The number of hydrogen-bond acceptors (Lipinski definition) is 4. The minimum Gasteiger partial charge on any atom is -0.369 e. The maximum Gasteiger partial charge on any atom is 0.340 e. The lowest BCUT2D eigenvalue weighted by Crippen LogP contribution is -2.46. The SMILES string of the molecule is Cc1ccccc1N1CCN(Cc2n[nH]c(=O)[nH]2)CC1. The maximum absolute atomic E-state index is 11.0. The summed E-state index contributed by atoms with van der Waals surface area (Å²) in [6.07, 6.45) is 0. The molecule has 1 aliphatic heterocycles. The van der Waals surface area contributed by atoms with Crippen LogP contribution in [0.5, 0.6) is 0 Å². The average Bonchev–Trinajstić information content (AvgIpc) is 2.86. The second-order valence-electron chi connectivity index (χ2n) is 5.17. The molecule has 1 aromatic carbocycles. The number of rotatable bonds is 3. The highest BCUT2D eigenvalue weighted by Gasteiger charge is 2.19. The Kier molecular flexibility index (Phi) is 3.56. The zero-order chi connectivity index (χ0) is 13.9. The molecule has 6 nitrogen and oxygen atoms in total. The third-order valence-corrected chi connectivity index (χ3v) is 3.75. The monoisotopic (exact) mass is 273 g/mol. The normalized spacial score (nSPS) is 16.6. The van der Waals surface area contributed by atoms with Gasteiger partial charge in [-0.3, -0.25) is 9.88 Å². The van der Waals surface area contributed by atoms with E-state index in [2.05, 4.69) is 56.2 Å². The summed E-state index contributed by atoms with van der Waals surface area (Å²) in [5, 5.41) is 6.35. The van der Waals surface area contributed by atoms with Crippen molar-refractivity contribution in [3.8, 4) is 0 Å². The molecule has 3 rings (SSSR count). The highest BCUT2D eigenvalue weighted by atomic mass is 16.1. The molecule has 0 aliphatic carbocycles. The van der Waals surface area contributed by atoms with Gasteiger partial charge in [0.2, 0.25) is 0 Å². The number of aromatic nitrogens is 3. The number of aryl methyl sites for hydroxylation is 1. The Balaban J connectivity index is 1.60. The average molecular weight is 273 g/mol. The molecule has 20 heavy (non-hydrogen) atoms. The molecule has 106 valence electrons. The Morgan fingerprint density at radius 3 is 2.60 bits per heavy atom. The van der Waals surface area contributed by atoms with Crippen LogP contribution in [0.1, 0.15) is 11.4 Å². The maximum atomic E-state index is 11.0. The van der Waals surface area contributed by atoms with Crippen molar-refractivity contribution in [3.05, 3.63) is 46.1 Å². The summed E-state index contributed by atoms with van der Waals surface area (Å²) in [4.78, 5) is 18.4. The smallest absolute Gasteiger partial charge is 0.340 e. The van der Waals surface area contributed by atoms with E-state index in [0.29, 0.717) is 12.4 Å². The first-order valence-corrected chi connectivity index (χ1v) is 6.89. The number of H-pyrrole nitrogens is 2. The van der Waals surface area contributed by atoms with Gasteiger partial charge in [0, 0.05) is 31.9 Å². The van der Waals surface area contributed by atoms with Gasteiger partial charge in [-0.2, -0.15) is 5.10 Å². The van der Waals surface area contributed by atoms with Crippen LogP contribution < -0.4 is 10.6 Å². The fraction of sp³-hybridized carbons (Fsp3) is 0.429. The molecule has 2 N–H and O–H groups in total. The summed E-state index contributed by atoms with van der Waals surface area (Å²) in [6.45, 7) is 6.79. The molecule has 0 bridgehead atoms. The summed E-state index contributed by atoms with van der Waals surface area (Å²) in [7, 11) is 0. The first-order chi connectivity index (χ1) is 9.72. The summed E-state index contributed by atoms with van der Waals surface area (Å²) < 4.78 is 0. The predicted octanol–water partition coefficient (Wildman–Crippen LogP) is 0.729. The molecule has 2 heterocycles. The van der Waals surface area contributed by atoms with Crippen LogP contribution in [-0.4, -0.2) is 46.3 Å². The second kappa shape index (κ2) is 5.50. The molecule has 0 radical (unpaired) electrons. The van der Waals surface area contributed by atoms with E-state index in [9.17, 15) is 4.79 Å². The zero-order valence-electron chi connectivity index (χ0n) is 11.6. The molecule has 6 heteroatoms. The summed E-state index contributed by atoms with van der Waals surface area (Å²) >= 11 is 0. The lowest BCUT2D eigenvalue weighted by atomic mass is 10.1. The predicted molar refractivity (Wildman–Crippen MR) is 77.9 cm³/mol. The van der Waals surface area contributed by atoms with Crippen LogP contribution in [0.25, 0.3) is 0 Å². The molecular formula is C14H19N5O. The third kappa shape index (κ3) is 2.75. The lowest BCUT2D eigenvalue weighted by Gasteiger charge is -2.36. The van der Waals surface area contributed by atoms with Gasteiger partial charge in [-0.15, -0.1) is 0 Å². The van der Waals surface area contributed by atoms with Crippen molar-refractivity contribution < 1.29 is 0 Å². The molecule has 0 amide bonds. The second-order valence-corrected chi connectivity index (χ2v) is 5.17. The number of benzene rings is 1. The van der Waals surface area contributed by atoms with Gasteiger partial charge in [0.1, 0.15) is 5.82 Å². The van der Waals surface area contributed by atoms with Gasteiger partial charge in [0.15, 0.2) is 0 Å². The Morgan fingerprint density at radius 2 is 1.95 bits per heavy atom. The number of aromatic amines is 2. The van der Waals surface area contributed by atoms with Crippen molar-refractivity contribution in [2.45, 2.75) is 13.5 Å². The van der Waals surface area contributed by atoms with Crippen molar-refractivity contribution in [1.82, 2.24) is 20.1 Å². The van der Waals surface area contributed by atoms with Gasteiger partial charge in [-0.05, 0) is 18.6 Å². The van der Waals surface area contributed by atoms with E-state index in [4.69, 9.17) is 0 Å². The van der Waals surface area contributed by atoms with E-state index in [1.54, 1.807) is 0 Å². The molecule has 0 unspecified atom stereocenters. The van der Waals surface area contributed by atoms with Gasteiger partial charge in [-0.25, -0.2) is 9.89 Å². The van der Waals surface area contributed by atoms with Crippen molar-refractivity contribution >= 4 is 5.69 Å². The fourth-order valence-electron chi connectivity index (χ4n) is 2.66. The molecular weight excluding hydrogens is 254 g/mol. The minimum atomic E-state index is -0.237. The topological polar surface area (TPSA) is 68.0 Å². The van der Waals surface area contributed by atoms with E-state index >= 15 is 0 Å². The Morgan fingerprint density at radius 1 is 1.20 bits per heavy atom. The molecule has 0 spiro atoms. The van der Waals surface area contributed by atoms with Crippen molar-refractivity contribution in [2.24, 2.45) is 0 Å². The van der Waals surface area contributed by atoms with Crippen LogP contribution in [0.2, 0.25) is 0 Å². The number of nitrogens with one attached hydrogen (secondary N) is 2. The lowest BCUT2D eigenvalue weighted by molar-refractivity contribution is 0.244. The first-order valence-electron chi connectivity index (χ1n) is 6.89. The summed E-state index contributed by atoms with van der Waals surface area (Å²) in [5.41, 5.74) is 2.40. The van der Waals surface area contributed by atoms with E-state index in [0.717, 1.165) is 26.2 Å². The van der Waals surface area contributed by atoms with Crippen molar-refractivity contribution in [2.75, 3.05) is 31.1 Å². The Hall–Kier alpha value is -2.08. The molecule has 1 aliphatic rings. The molecule has 2 aromatic rings. The molecule has 0 atom stereocenters. The van der Waals surface area contributed by atoms with Crippen LogP contribution in [0.15, 0.2) is 29.1 Å². The van der Waals surface area contributed by atoms with E-state index in [1.807, 2.05) is 0 Å². The largest absolute Gasteiger partial charge is 0.369 e. The van der Waals surface area contributed by atoms with Crippen LogP contribution in [-0.2, 0) is 6.54 Å². The van der Waals surface area contributed by atoms with Crippen LogP contribution in [0, 0.1) is 6.92 Å². The molecule has 1 saturated heterocycles. The number of anilines is 1. The number of piperazine rings is 1. The molecule has 1 fully saturated rings. The van der Waals surface area contributed by atoms with E-state index in [1.165, 1.54) is 11.3 Å². The Bertz CT molecular complexity index is 624. The van der Waals surface area contributed by atoms with E-state index < -0.39 is 0 Å². The van der Waals surface area contributed by atoms with Gasteiger partial charge < -0.3 is 4.90 Å². The van der Waals surface area contributed by atoms with E-state index in [-0.39, 0.29) is 5.69 Å². The zero-order valence-corrected chi connectivity index (χ0v) is 11.6.